The molecule has 12 nitrogen and oxygen atoms in total. The first-order valence-corrected chi connectivity index (χ1v) is 14.7. The summed E-state index contributed by atoms with van der Waals surface area (Å²) in [6.07, 6.45) is 0. The number of nitrogens with zero attached hydrogens (tertiary/aromatic N) is 1. The summed E-state index contributed by atoms with van der Waals surface area (Å²) in [7, 11) is -3.44. The monoisotopic (exact) mass is 569 g/mol. The molecule has 0 saturated heterocycles. The van der Waals surface area contributed by atoms with Gasteiger partial charge in [0.25, 0.3) is 11.8 Å². The lowest BCUT2D eigenvalue weighted by atomic mass is 10.2. The van der Waals surface area contributed by atoms with Gasteiger partial charge in [-0.2, -0.15) is 4.33 Å². The Labute approximate surface area is 227 Å². The normalized spacial score (nSPS) is 11.4. The van der Waals surface area contributed by atoms with Crippen molar-refractivity contribution in [1.82, 2.24) is 15.5 Å². The molecule has 0 atom stereocenters. The number of carbonyl (C=O) groups excluding carboxylic acids is 2. The van der Waals surface area contributed by atoms with Gasteiger partial charge in [0, 0.05) is 73.0 Å². The zero-order valence-electron chi connectivity index (χ0n) is 21.0. The highest BCUT2D eigenvalue weighted by molar-refractivity contribution is 7.94. The van der Waals surface area contributed by atoms with E-state index in [2.05, 4.69) is 10.6 Å². The number of carbonyl (C=O) groups is 2. The first kappa shape index (κ1) is 31.3. The van der Waals surface area contributed by atoms with Crippen LogP contribution in [-0.4, -0.2) is 93.4 Å². The van der Waals surface area contributed by atoms with Gasteiger partial charge in [0.15, 0.2) is 9.84 Å². The summed E-state index contributed by atoms with van der Waals surface area (Å²) < 4.78 is 29.8. The van der Waals surface area contributed by atoms with Crippen molar-refractivity contribution in [2.24, 2.45) is 0 Å². The molecule has 0 heterocycles. The molecular weight excluding hydrogens is 534 g/mol. The Balaban J connectivity index is 1.58. The van der Waals surface area contributed by atoms with Gasteiger partial charge in [-0.3, -0.25) is 14.5 Å². The van der Waals surface area contributed by atoms with Gasteiger partial charge in [0.05, 0.1) is 24.7 Å². The summed E-state index contributed by atoms with van der Waals surface area (Å²) in [6.45, 7) is 1.15. The molecule has 0 aliphatic heterocycles. The maximum atomic E-state index is 12.4. The molecule has 0 bridgehead atoms. The van der Waals surface area contributed by atoms with E-state index in [4.69, 9.17) is 20.7 Å². The molecule has 38 heavy (non-hydrogen) atoms. The number of nitrogens with two attached hydrogens (primary N) is 2. The molecule has 0 radical (unpaired) electrons. The van der Waals surface area contributed by atoms with E-state index in [9.17, 15) is 23.1 Å². The van der Waals surface area contributed by atoms with Gasteiger partial charge in [-0.15, -0.1) is 0 Å². The molecule has 2 aromatic carbocycles. The van der Waals surface area contributed by atoms with E-state index in [0.717, 1.165) is 12.0 Å². The standard InChI is InChI=1S/C24H35N5O7S2/c25-21-5-1-3-19(17-21)23(31)27-7-14-37-36-35-13-10-29(9-12-30)11-16-38(33,34)15-8-28-24(32)20-4-2-6-22(26)18-20/h1-6,17-18,30H,7-16,25-26H2,(H,27,31)(H,28,32). The number of rotatable bonds is 18. The number of nitrogen functional groups attached to an aromatic ring is 2. The summed E-state index contributed by atoms with van der Waals surface area (Å²) in [4.78, 5) is 31.0. The highest BCUT2D eigenvalue weighted by Gasteiger charge is 2.15. The third-order valence-corrected chi connectivity index (χ3v) is 7.38. The number of hydrogen-bond acceptors (Lipinski definition) is 11. The summed E-state index contributed by atoms with van der Waals surface area (Å²) in [6, 6.07) is 13.1. The van der Waals surface area contributed by atoms with Crippen LogP contribution < -0.4 is 22.1 Å². The predicted octanol–water partition coefficient (Wildman–Crippen LogP) is 0.316. The SMILES string of the molecule is Nc1cccc(C(=O)NCCSOOCCN(CCO)CCS(=O)(=O)CCNC(=O)c2cccc(N)c2)c1. The molecular formula is C24H35N5O7S2. The largest absolute Gasteiger partial charge is 0.399 e. The molecule has 210 valence electrons. The number of anilines is 2. The van der Waals surface area contributed by atoms with Crippen LogP contribution >= 0.6 is 12.0 Å². The second-order valence-electron chi connectivity index (χ2n) is 8.19. The van der Waals surface area contributed by atoms with Crippen molar-refractivity contribution in [3.63, 3.8) is 0 Å². The Morgan fingerprint density at radius 3 is 2.08 bits per heavy atom. The Hall–Kier alpha value is -2.88. The molecule has 0 aromatic heterocycles. The molecule has 7 N–H and O–H groups in total. The zero-order chi connectivity index (χ0) is 27.8. The van der Waals surface area contributed by atoms with Crippen molar-refractivity contribution in [1.29, 1.82) is 0 Å². The lowest BCUT2D eigenvalue weighted by molar-refractivity contribution is -0.193. The molecule has 2 rings (SSSR count). The van der Waals surface area contributed by atoms with Gasteiger partial charge in [-0.05, 0) is 36.4 Å². The Bertz CT molecular complexity index is 1130. The second kappa shape index (κ2) is 16.9. The van der Waals surface area contributed by atoms with E-state index < -0.39 is 15.7 Å². The van der Waals surface area contributed by atoms with Crippen molar-refractivity contribution >= 4 is 45.1 Å². The van der Waals surface area contributed by atoms with Gasteiger partial charge >= 0.3 is 0 Å². The molecule has 0 spiro atoms. The minimum absolute atomic E-state index is 0.0238. The van der Waals surface area contributed by atoms with Gasteiger partial charge in [0.2, 0.25) is 0 Å². The Morgan fingerprint density at radius 2 is 1.50 bits per heavy atom. The van der Waals surface area contributed by atoms with Crippen LogP contribution in [-0.2, 0) is 19.1 Å². The number of amides is 2. The number of benzene rings is 2. The van der Waals surface area contributed by atoms with Gasteiger partial charge in [0.1, 0.15) is 0 Å². The van der Waals surface area contributed by atoms with Crippen LogP contribution in [0, 0.1) is 0 Å². The van der Waals surface area contributed by atoms with E-state index in [1.807, 2.05) is 0 Å². The van der Waals surface area contributed by atoms with E-state index in [1.54, 1.807) is 47.4 Å². The maximum absolute atomic E-state index is 12.4. The number of sulfone groups is 1. The molecule has 0 aliphatic carbocycles. The third-order valence-electron chi connectivity index (χ3n) is 5.19. The van der Waals surface area contributed by atoms with Crippen LogP contribution in [0.1, 0.15) is 20.7 Å². The smallest absolute Gasteiger partial charge is 0.251 e. The minimum atomic E-state index is -3.44. The molecule has 2 aromatic rings. The Morgan fingerprint density at radius 1 is 0.895 bits per heavy atom. The van der Waals surface area contributed by atoms with E-state index >= 15 is 0 Å². The van der Waals surface area contributed by atoms with Crippen molar-refractivity contribution in [3.05, 3.63) is 59.7 Å². The number of hydrogen-bond donors (Lipinski definition) is 5. The van der Waals surface area contributed by atoms with E-state index in [0.29, 0.717) is 41.3 Å². The third kappa shape index (κ3) is 12.6. The highest BCUT2D eigenvalue weighted by atomic mass is 32.2. The summed E-state index contributed by atoms with van der Waals surface area (Å²) in [5, 5.41) is 14.6. The van der Waals surface area contributed by atoms with Crippen molar-refractivity contribution in [2.45, 2.75) is 0 Å². The van der Waals surface area contributed by atoms with Crippen molar-refractivity contribution in [2.75, 3.05) is 74.7 Å². The Kier molecular flexibility index (Phi) is 13.9. The van der Waals surface area contributed by atoms with E-state index in [1.165, 1.54) is 6.07 Å². The van der Waals surface area contributed by atoms with Gasteiger partial charge in [-0.1, -0.05) is 12.1 Å². The van der Waals surface area contributed by atoms with Gasteiger partial charge in [-0.25, -0.2) is 13.3 Å². The second-order valence-corrected chi connectivity index (χ2v) is 11.3. The van der Waals surface area contributed by atoms with Crippen molar-refractivity contribution in [3.8, 4) is 0 Å². The molecule has 0 fully saturated rings. The van der Waals surface area contributed by atoms with Crippen LogP contribution in [0.15, 0.2) is 48.5 Å². The molecule has 0 aliphatic rings. The summed E-state index contributed by atoms with van der Waals surface area (Å²) in [5.41, 5.74) is 13.1. The fourth-order valence-electron chi connectivity index (χ4n) is 3.21. The van der Waals surface area contributed by atoms with Gasteiger partial charge < -0.3 is 27.2 Å². The number of aliphatic hydroxyl groups is 1. The summed E-state index contributed by atoms with van der Waals surface area (Å²) in [5.74, 6) is -0.534. The van der Waals surface area contributed by atoms with Crippen molar-refractivity contribution < 1.29 is 32.3 Å². The maximum Gasteiger partial charge on any atom is 0.251 e. The highest BCUT2D eigenvalue weighted by Crippen LogP contribution is 2.08. The molecule has 0 saturated carbocycles. The lowest BCUT2D eigenvalue weighted by Crippen LogP contribution is -2.36. The van der Waals surface area contributed by atoms with Crippen LogP contribution in [0.2, 0.25) is 0 Å². The fraction of sp³-hybridized carbons (Fsp3) is 0.417. The van der Waals surface area contributed by atoms with Crippen LogP contribution in [0.5, 0.6) is 0 Å². The minimum Gasteiger partial charge on any atom is -0.399 e. The lowest BCUT2D eigenvalue weighted by Gasteiger charge is -2.20. The summed E-state index contributed by atoms with van der Waals surface area (Å²) >= 11 is 1.02. The van der Waals surface area contributed by atoms with Crippen LogP contribution in [0.3, 0.4) is 0 Å². The molecule has 2 amide bonds. The molecule has 0 unspecified atom stereocenters. The average molecular weight is 570 g/mol. The zero-order valence-corrected chi connectivity index (χ0v) is 22.6. The number of aliphatic hydroxyl groups excluding tert-OH is 1. The molecule has 14 heteroatoms. The van der Waals surface area contributed by atoms with Crippen LogP contribution in [0.25, 0.3) is 0 Å². The first-order valence-electron chi connectivity index (χ1n) is 11.9. The predicted molar refractivity (Wildman–Crippen MR) is 148 cm³/mol. The van der Waals surface area contributed by atoms with Crippen LogP contribution in [0.4, 0.5) is 11.4 Å². The number of nitrogens with one attached hydrogen (secondary N) is 2. The first-order chi connectivity index (χ1) is 18.2. The topological polar surface area (TPSA) is 186 Å². The fourth-order valence-corrected chi connectivity index (χ4v) is 4.75. The quantitative estimate of drug-likeness (QED) is 0.0547. The van der Waals surface area contributed by atoms with E-state index in [-0.39, 0.29) is 50.3 Å². The average Bonchev–Trinajstić information content (AvgIpc) is 2.88.